The Labute approximate surface area is 149 Å². The molecule has 1 saturated heterocycles. The number of piperidine rings is 1. The topological polar surface area (TPSA) is 58.1 Å². The summed E-state index contributed by atoms with van der Waals surface area (Å²) in [4.78, 5) is 23.9. The second-order valence-corrected chi connectivity index (χ2v) is 6.96. The number of aryl methyl sites for hydroxylation is 2. The van der Waals surface area contributed by atoms with E-state index in [1.807, 2.05) is 32.0 Å². The molecule has 0 bridgehead atoms. The summed E-state index contributed by atoms with van der Waals surface area (Å²) < 4.78 is 0. The Bertz CT molecular complexity index is 738. The number of likely N-dealkylation sites (tertiary alicyclic amines) is 1. The van der Waals surface area contributed by atoms with Gasteiger partial charge in [0.15, 0.2) is 0 Å². The van der Waals surface area contributed by atoms with Crippen molar-refractivity contribution in [3.8, 4) is 0 Å². The maximum absolute atomic E-state index is 12.3. The number of aromatic nitrogens is 2. The van der Waals surface area contributed by atoms with Crippen LogP contribution in [0.1, 0.15) is 53.8 Å². The fourth-order valence-corrected chi connectivity index (χ4v) is 3.32. The van der Waals surface area contributed by atoms with E-state index in [9.17, 15) is 4.79 Å². The van der Waals surface area contributed by atoms with E-state index in [1.54, 1.807) is 0 Å². The van der Waals surface area contributed by atoms with Crippen LogP contribution in [-0.4, -0.2) is 47.0 Å². The Hall–Kier alpha value is -2.01. The van der Waals surface area contributed by atoms with Crippen molar-refractivity contribution in [2.75, 3.05) is 26.2 Å². The average molecular weight is 340 g/mol. The smallest absolute Gasteiger partial charge is 0.251 e. The molecule has 0 atom stereocenters. The first kappa shape index (κ1) is 17.8. The summed E-state index contributed by atoms with van der Waals surface area (Å²) >= 11 is 0. The van der Waals surface area contributed by atoms with Crippen molar-refractivity contribution in [3.63, 3.8) is 0 Å². The van der Waals surface area contributed by atoms with Gasteiger partial charge < -0.3 is 10.2 Å². The van der Waals surface area contributed by atoms with E-state index in [0.717, 1.165) is 48.4 Å². The van der Waals surface area contributed by atoms with Gasteiger partial charge in [-0.25, -0.2) is 9.97 Å². The fraction of sp³-hybridized carbons (Fsp3) is 0.550. The van der Waals surface area contributed by atoms with Crippen molar-refractivity contribution in [1.29, 1.82) is 0 Å². The largest absolute Gasteiger partial charge is 0.352 e. The normalized spacial score (nSPS) is 15.4. The van der Waals surface area contributed by atoms with E-state index in [0.29, 0.717) is 5.56 Å². The summed E-state index contributed by atoms with van der Waals surface area (Å²) in [6.45, 7) is 8.25. The summed E-state index contributed by atoms with van der Waals surface area (Å²) in [6.07, 6.45) is 6.21. The number of amides is 1. The van der Waals surface area contributed by atoms with Gasteiger partial charge in [-0.1, -0.05) is 6.42 Å². The molecular weight excluding hydrogens is 312 g/mol. The number of hydrogen-bond donors (Lipinski definition) is 1. The molecule has 1 amide bonds. The molecule has 0 radical (unpaired) electrons. The number of carbonyl (C=O) groups is 1. The van der Waals surface area contributed by atoms with Gasteiger partial charge in [0.1, 0.15) is 0 Å². The van der Waals surface area contributed by atoms with Gasteiger partial charge in [-0.3, -0.25) is 4.79 Å². The van der Waals surface area contributed by atoms with Crippen molar-refractivity contribution >= 4 is 16.9 Å². The van der Waals surface area contributed by atoms with Crippen molar-refractivity contribution in [2.24, 2.45) is 0 Å². The molecule has 1 aliphatic heterocycles. The highest BCUT2D eigenvalue weighted by Crippen LogP contribution is 2.14. The van der Waals surface area contributed by atoms with Gasteiger partial charge in [0, 0.05) is 12.1 Å². The Kier molecular flexibility index (Phi) is 5.97. The lowest BCUT2D eigenvalue weighted by Crippen LogP contribution is -2.31. The highest BCUT2D eigenvalue weighted by molar-refractivity contribution is 5.97. The first-order valence-electron chi connectivity index (χ1n) is 9.39. The maximum Gasteiger partial charge on any atom is 0.251 e. The Morgan fingerprint density at radius 2 is 1.76 bits per heavy atom. The maximum atomic E-state index is 12.3. The quantitative estimate of drug-likeness (QED) is 0.820. The third-order valence-electron chi connectivity index (χ3n) is 4.97. The average Bonchev–Trinajstić information content (AvgIpc) is 2.63. The molecule has 1 aromatic heterocycles. The molecule has 2 heterocycles. The van der Waals surface area contributed by atoms with Crippen LogP contribution < -0.4 is 5.32 Å². The van der Waals surface area contributed by atoms with Gasteiger partial charge in [-0.05, 0) is 77.4 Å². The SMILES string of the molecule is Cc1nc2ccc(C(=O)NCCCCN3CCCCC3)cc2nc1C. The molecule has 3 rings (SSSR count). The number of rotatable bonds is 6. The molecule has 134 valence electrons. The minimum absolute atomic E-state index is 0.0279. The minimum Gasteiger partial charge on any atom is -0.352 e. The molecule has 5 heteroatoms. The third kappa shape index (κ3) is 4.75. The van der Waals surface area contributed by atoms with E-state index < -0.39 is 0 Å². The molecule has 1 fully saturated rings. The van der Waals surface area contributed by atoms with Crippen LogP contribution in [0.15, 0.2) is 18.2 Å². The standard InChI is InChI=1S/C20H28N4O/c1-15-16(2)23-19-14-17(8-9-18(19)22-15)20(25)21-10-4-7-13-24-11-5-3-6-12-24/h8-9,14H,3-7,10-13H2,1-2H3,(H,21,25). The number of unbranched alkanes of at least 4 members (excludes halogenated alkanes) is 1. The lowest BCUT2D eigenvalue weighted by molar-refractivity contribution is 0.0952. The van der Waals surface area contributed by atoms with Gasteiger partial charge >= 0.3 is 0 Å². The monoisotopic (exact) mass is 340 g/mol. The van der Waals surface area contributed by atoms with Gasteiger partial charge in [0.2, 0.25) is 0 Å². The Morgan fingerprint density at radius 1 is 1.04 bits per heavy atom. The van der Waals surface area contributed by atoms with E-state index in [4.69, 9.17) is 0 Å². The van der Waals surface area contributed by atoms with Crippen LogP contribution in [-0.2, 0) is 0 Å². The summed E-state index contributed by atoms with van der Waals surface area (Å²) in [7, 11) is 0. The highest BCUT2D eigenvalue weighted by atomic mass is 16.1. The molecule has 25 heavy (non-hydrogen) atoms. The lowest BCUT2D eigenvalue weighted by Gasteiger charge is -2.26. The predicted molar refractivity (Wildman–Crippen MR) is 101 cm³/mol. The van der Waals surface area contributed by atoms with Crippen LogP contribution >= 0.6 is 0 Å². The minimum atomic E-state index is -0.0279. The molecule has 0 spiro atoms. The van der Waals surface area contributed by atoms with Gasteiger partial charge in [0.05, 0.1) is 22.4 Å². The second kappa shape index (κ2) is 8.39. The van der Waals surface area contributed by atoms with Crippen LogP contribution in [0.25, 0.3) is 11.0 Å². The predicted octanol–water partition coefficient (Wildman–Crippen LogP) is 3.24. The first-order chi connectivity index (χ1) is 12.1. The first-order valence-corrected chi connectivity index (χ1v) is 9.39. The molecule has 0 saturated carbocycles. The molecule has 5 nitrogen and oxygen atoms in total. The van der Waals surface area contributed by atoms with E-state index in [2.05, 4.69) is 20.2 Å². The van der Waals surface area contributed by atoms with Gasteiger partial charge in [-0.15, -0.1) is 0 Å². The number of nitrogens with one attached hydrogen (secondary N) is 1. The van der Waals surface area contributed by atoms with Crippen molar-refractivity contribution in [2.45, 2.75) is 46.0 Å². The fourth-order valence-electron chi connectivity index (χ4n) is 3.32. The lowest BCUT2D eigenvalue weighted by atomic mass is 10.1. The van der Waals surface area contributed by atoms with Crippen LogP contribution in [0, 0.1) is 13.8 Å². The van der Waals surface area contributed by atoms with E-state index in [-0.39, 0.29) is 5.91 Å². The number of benzene rings is 1. The Morgan fingerprint density at radius 3 is 2.52 bits per heavy atom. The van der Waals surface area contributed by atoms with Crippen molar-refractivity contribution < 1.29 is 4.79 Å². The second-order valence-electron chi connectivity index (χ2n) is 6.96. The van der Waals surface area contributed by atoms with Crippen LogP contribution in [0.5, 0.6) is 0 Å². The molecule has 0 unspecified atom stereocenters. The van der Waals surface area contributed by atoms with Gasteiger partial charge in [0.25, 0.3) is 5.91 Å². The number of fused-ring (bicyclic) bond motifs is 1. The number of nitrogens with zero attached hydrogens (tertiary/aromatic N) is 3. The summed E-state index contributed by atoms with van der Waals surface area (Å²) in [5.74, 6) is -0.0279. The van der Waals surface area contributed by atoms with E-state index in [1.165, 1.54) is 32.4 Å². The molecule has 1 aliphatic rings. The highest BCUT2D eigenvalue weighted by Gasteiger charge is 2.10. The molecule has 1 aromatic carbocycles. The van der Waals surface area contributed by atoms with Crippen molar-refractivity contribution in [1.82, 2.24) is 20.2 Å². The zero-order chi connectivity index (χ0) is 17.6. The molecular formula is C20H28N4O. The van der Waals surface area contributed by atoms with Gasteiger partial charge in [-0.2, -0.15) is 0 Å². The number of carbonyl (C=O) groups excluding carboxylic acids is 1. The molecule has 2 aromatic rings. The number of hydrogen-bond acceptors (Lipinski definition) is 4. The van der Waals surface area contributed by atoms with Crippen LogP contribution in [0.2, 0.25) is 0 Å². The van der Waals surface area contributed by atoms with E-state index >= 15 is 0 Å². The third-order valence-corrected chi connectivity index (χ3v) is 4.97. The Balaban J connectivity index is 1.47. The van der Waals surface area contributed by atoms with Crippen LogP contribution in [0.4, 0.5) is 0 Å². The summed E-state index contributed by atoms with van der Waals surface area (Å²) in [6, 6.07) is 5.53. The molecule has 0 aliphatic carbocycles. The summed E-state index contributed by atoms with van der Waals surface area (Å²) in [5, 5.41) is 3.02. The molecule has 1 N–H and O–H groups in total. The van der Waals surface area contributed by atoms with Crippen molar-refractivity contribution in [3.05, 3.63) is 35.2 Å². The zero-order valence-electron chi connectivity index (χ0n) is 15.3. The van der Waals surface area contributed by atoms with Crippen LogP contribution in [0.3, 0.4) is 0 Å². The zero-order valence-corrected chi connectivity index (χ0v) is 15.3. The summed E-state index contributed by atoms with van der Waals surface area (Å²) in [5.41, 5.74) is 4.10.